The number of benzene rings is 1. The molecule has 0 aliphatic carbocycles. The second kappa shape index (κ2) is 4.06. The Morgan fingerprint density at radius 2 is 2.13 bits per heavy atom. The first kappa shape index (κ1) is 9.61. The number of hydrogen-bond acceptors (Lipinski definition) is 4. The molecule has 0 saturated heterocycles. The Kier molecular flexibility index (Phi) is 2.60. The molecule has 0 saturated carbocycles. The molecule has 0 atom stereocenters. The number of allylic oxidation sites excluding steroid dienone is 1. The Labute approximate surface area is 87.5 Å². The minimum Gasteiger partial charge on any atom is -0.324 e. The van der Waals surface area contributed by atoms with Crippen LogP contribution in [0.2, 0.25) is 0 Å². The van der Waals surface area contributed by atoms with Gasteiger partial charge in [-0.3, -0.25) is 10.2 Å². The van der Waals surface area contributed by atoms with Gasteiger partial charge >= 0.3 is 0 Å². The Morgan fingerprint density at radius 1 is 1.33 bits per heavy atom. The molecule has 0 fully saturated rings. The predicted molar refractivity (Wildman–Crippen MR) is 60.6 cm³/mol. The summed E-state index contributed by atoms with van der Waals surface area (Å²) in [7, 11) is 0. The molecule has 0 unspecified atom stereocenters. The van der Waals surface area contributed by atoms with Crippen molar-refractivity contribution in [3.05, 3.63) is 35.9 Å². The van der Waals surface area contributed by atoms with Gasteiger partial charge in [0.05, 0.1) is 12.2 Å². The summed E-state index contributed by atoms with van der Waals surface area (Å²) < 4.78 is 0. The van der Waals surface area contributed by atoms with Crippen molar-refractivity contribution in [2.24, 2.45) is 10.8 Å². The van der Waals surface area contributed by atoms with E-state index in [0.29, 0.717) is 5.71 Å². The van der Waals surface area contributed by atoms with E-state index in [2.05, 4.69) is 10.5 Å². The summed E-state index contributed by atoms with van der Waals surface area (Å²) in [5.41, 5.74) is 10.3. The van der Waals surface area contributed by atoms with Gasteiger partial charge in [-0.05, 0) is 17.7 Å². The molecular formula is C11H11N3O. The van der Waals surface area contributed by atoms with Crippen molar-refractivity contribution in [1.29, 1.82) is 0 Å². The molecule has 1 aliphatic heterocycles. The summed E-state index contributed by atoms with van der Waals surface area (Å²) in [5, 5.41) is 3.99. The van der Waals surface area contributed by atoms with Crippen LogP contribution in [0.5, 0.6) is 0 Å². The molecule has 2 rings (SSSR count). The van der Waals surface area contributed by atoms with Crippen LogP contribution < -0.4 is 11.2 Å². The molecule has 76 valence electrons. The van der Waals surface area contributed by atoms with Crippen molar-refractivity contribution in [3.63, 3.8) is 0 Å². The topological polar surface area (TPSA) is 67.5 Å². The van der Waals surface area contributed by atoms with Crippen LogP contribution >= 0.6 is 0 Å². The second-order valence-corrected chi connectivity index (χ2v) is 3.16. The van der Waals surface area contributed by atoms with Gasteiger partial charge in [-0.15, -0.1) is 0 Å². The minimum absolute atomic E-state index is 0.0266. The third-order valence-corrected chi connectivity index (χ3v) is 2.15. The van der Waals surface area contributed by atoms with Crippen LogP contribution in [0, 0.1) is 0 Å². The van der Waals surface area contributed by atoms with Crippen molar-refractivity contribution < 1.29 is 4.79 Å². The van der Waals surface area contributed by atoms with Gasteiger partial charge in [-0.2, -0.15) is 5.10 Å². The van der Waals surface area contributed by atoms with Gasteiger partial charge in [-0.1, -0.05) is 24.3 Å². The first-order chi connectivity index (χ1) is 7.31. The average Bonchev–Trinajstić information content (AvgIpc) is 2.50. The number of carbonyl (C=O) groups excluding carboxylic acids is 1. The van der Waals surface area contributed by atoms with E-state index in [0.717, 1.165) is 11.3 Å². The van der Waals surface area contributed by atoms with E-state index >= 15 is 0 Å². The van der Waals surface area contributed by atoms with Gasteiger partial charge in [0, 0.05) is 0 Å². The van der Waals surface area contributed by atoms with Crippen molar-refractivity contribution in [2.75, 3.05) is 12.0 Å². The molecule has 1 aromatic rings. The summed E-state index contributed by atoms with van der Waals surface area (Å²) in [6, 6.07) is 7.69. The lowest BCUT2D eigenvalue weighted by atomic mass is 10.1. The van der Waals surface area contributed by atoms with Gasteiger partial charge in [0.25, 0.3) is 0 Å². The largest absolute Gasteiger partial charge is 0.324 e. The Bertz CT molecular complexity index is 449. The maximum Gasteiger partial charge on any atom is 0.196 e. The third kappa shape index (κ3) is 1.94. The Morgan fingerprint density at radius 3 is 2.93 bits per heavy atom. The van der Waals surface area contributed by atoms with Gasteiger partial charge in [-0.25, -0.2) is 0 Å². The smallest absolute Gasteiger partial charge is 0.196 e. The highest BCUT2D eigenvalue weighted by Crippen LogP contribution is 2.18. The monoisotopic (exact) mass is 201 g/mol. The van der Waals surface area contributed by atoms with E-state index in [-0.39, 0.29) is 12.3 Å². The van der Waals surface area contributed by atoms with Crippen molar-refractivity contribution in [2.45, 2.75) is 0 Å². The summed E-state index contributed by atoms with van der Waals surface area (Å²) >= 11 is 0. The number of anilines is 1. The number of ketones is 1. The van der Waals surface area contributed by atoms with Crippen LogP contribution in [0.4, 0.5) is 5.69 Å². The number of Topliss-reactive ketones (excluding diaryl/α,β-unsaturated/α-hetero) is 1. The lowest BCUT2D eigenvalue weighted by Crippen LogP contribution is -2.22. The zero-order chi connectivity index (χ0) is 10.7. The van der Waals surface area contributed by atoms with Gasteiger partial charge in [0.1, 0.15) is 5.71 Å². The third-order valence-electron chi connectivity index (χ3n) is 2.15. The number of rotatable bonds is 2. The normalized spacial score (nSPS) is 13.5. The zero-order valence-corrected chi connectivity index (χ0v) is 8.10. The molecular weight excluding hydrogens is 190 g/mol. The standard InChI is InChI=1S/C11H11N3O/c12-7-11(15)10-6-5-8-3-1-2-4-9(8)13-14-10/h1-6,13H,7,12H2. The number of hydrazone groups is 1. The predicted octanol–water partition coefficient (Wildman–Crippen LogP) is 1.01. The highest BCUT2D eigenvalue weighted by atomic mass is 16.1. The SMILES string of the molecule is NCC(=O)C1=NNc2ccccc2C=C1. The number of hydrogen-bond donors (Lipinski definition) is 2. The fourth-order valence-electron chi connectivity index (χ4n) is 1.33. The Hall–Kier alpha value is -1.94. The van der Waals surface area contributed by atoms with E-state index < -0.39 is 0 Å². The van der Waals surface area contributed by atoms with E-state index in [9.17, 15) is 4.79 Å². The molecule has 3 N–H and O–H groups in total. The average molecular weight is 201 g/mol. The summed E-state index contributed by atoms with van der Waals surface area (Å²) in [6.45, 7) is -0.0266. The lowest BCUT2D eigenvalue weighted by molar-refractivity contribution is -0.111. The van der Waals surface area contributed by atoms with Crippen molar-refractivity contribution in [1.82, 2.24) is 0 Å². The molecule has 0 aromatic heterocycles. The van der Waals surface area contributed by atoms with E-state index in [4.69, 9.17) is 5.73 Å². The fourth-order valence-corrected chi connectivity index (χ4v) is 1.33. The number of carbonyl (C=O) groups is 1. The number of para-hydroxylation sites is 1. The van der Waals surface area contributed by atoms with Gasteiger partial charge < -0.3 is 5.73 Å². The molecule has 0 bridgehead atoms. The van der Waals surface area contributed by atoms with E-state index in [1.54, 1.807) is 6.08 Å². The molecule has 4 heteroatoms. The van der Waals surface area contributed by atoms with Crippen LogP contribution in [-0.4, -0.2) is 18.0 Å². The van der Waals surface area contributed by atoms with Crippen LogP contribution in [0.25, 0.3) is 6.08 Å². The molecule has 1 heterocycles. The lowest BCUT2D eigenvalue weighted by Gasteiger charge is -2.01. The summed E-state index contributed by atoms with van der Waals surface area (Å²) in [6.07, 6.45) is 3.52. The zero-order valence-electron chi connectivity index (χ0n) is 8.10. The molecule has 4 nitrogen and oxygen atoms in total. The second-order valence-electron chi connectivity index (χ2n) is 3.16. The van der Waals surface area contributed by atoms with Crippen LogP contribution in [0.3, 0.4) is 0 Å². The molecule has 0 radical (unpaired) electrons. The number of nitrogens with two attached hydrogens (primary N) is 1. The molecule has 0 spiro atoms. The van der Waals surface area contributed by atoms with Gasteiger partial charge in [0.2, 0.25) is 0 Å². The Balaban J connectivity index is 2.33. The first-order valence-electron chi connectivity index (χ1n) is 4.65. The summed E-state index contributed by atoms with van der Waals surface area (Å²) in [5.74, 6) is -0.174. The molecule has 0 amide bonds. The fraction of sp³-hybridized carbons (Fsp3) is 0.0909. The van der Waals surface area contributed by atoms with Crippen LogP contribution in [0.15, 0.2) is 35.4 Å². The molecule has 15 heavy (non-hydrogen) atoms. The first-order valence-corrected chi connectivity index (χ1v) is 4.65. The van der Waals surface area contributed by atoms with Crippen molar-refractivity contribution in [3.8, 4) is 0 Å². The van der Waals surface area contributed by atoms with Crippen molar-refractivity contribution >= 4 is 23.3 Å². The quantitative estimate of drug-likeness (QED) is 0.750. The minimum atomic E-state index is -0.174. The highest BCUT2D eigenvalue weighted by molar-refractivity contribution is 6.45. The van der Waals surface area contributed by atoms with Crippen LogP contribution in [0.1, 0.15) is 5.56 Å². The molecule has 1 aromatic carbocycles. The number of nitrogens with one attached hydrogen (secondary N) is 1. The summed E-state index contributed by atoms with van der Waals surface area (Å²) in [4.78, 5) is 11.3. The van der Waals surface area contributed by atoms with E-state index in [1.165, 1.54) is 0 Å². The van der Waals surface area contributed by atoms with Crippen LogP contribution in [-0.2, 0) is 4.79 Å². The number of fused-ring (bicyclic) bond motifs is 1. The maximum absolute atomic E-state index is 11.3. The highest BCUT2D eigenvalue weighted by Gasteiger charge is 2.09. The number of nitrogens with zero attached hydrogens (tertiary/aromatic N) is 1. The maximum atomic E-state index is 11.3. The van der Waals surface area contributed by atoms with E-state index in [1.807, 2.05) is 30.3 Å². The molecule has 1 aliphatic rings. The van der Waals surface area contributed by atoms with Gasteiger partial charge in [0.15, 0.2) is 5.78 Å².